The van der Waals surface area contributed by atoms with Gasteiger partial charge >= 0.3 is 0 Å². The van der Waals surface area contributed by atoms with Crippen molar-refractivity contribution < 1.29 is 23.3 Å². The van der Waals surface area contributed by atoms with Crippen LogP contribution in [0, 0.1) is 0 Å². The smallest absolute Gasteiger partial charge is 0.119 e. The van der Waals surface area contributed by atoms with Crippen LogP contribution in [-0.2, 0) is 18.6 Å². The Bertz CT molecular complexity index is 435. The third-order valence-electron chi connectivity index (χ3n) is 1.99. The second-order valence-corrected chi connectivity index (χ2v) is 3.02. The Morgan fingerprint density at radius 2 is 1.94 bits per heavy atom. The number of ether oxygens (including phenoxy) is 1. The quantitative estimate of drug-likeness (QED) is 0.784. The van der Waals surface area contributed by atoms with Crippen LogP contribution in [0.25, 0.3) is 0 Å². The monoisotopic (exact) mass is 250 g/mol. The van der Waals surface area contributed by atoms with Crippen molar-refractivity contribution >= 4 is 11.9 Å². The predicted octanol–water partition coefficient (Wildman–Crippen LogP) is 2.40. The van der Waals surface area contributed by atoms with E-state index in [1.165, 1.54) is 0 Å². The number of aromatic nitrogens is 1. The third kappa shape index (κ3) is 3.29. The molecular formula is C12H11N2OV-. The Hall–Kier alpha value is -1.45. The summed E-state index contributed by atoms with van der Waals surface area (Å²) in [7, 11) is 1.65. The molecule has 81 valence electrons. The van der Waals surface area contributed by atoms with Gasteiger partial charge in [-0.1, -0.05) is 12.1 Å². The van der Waals surface area contributed by atoms with E-state index in [1.807, 2.05) is 36.4 Å². The fourth-order valence-electron chi connectivity index (χ4n) is 1.20. The van der Waals surface area contributed by atoms with Gasteiger partial charge in [0.2, 0.25) is 0 Å². The van der Waals surface area contributed by atoms with Crippen LogP contribution in [-0.4, -0.2) is 13.3 Å². The van der Waals surface area contributed by atoms with E-state index >= 15 is 0 Å². The molecule has 0 unspecified atom stereocenters. The Balaban J connectivity index is 0.00000128. The zero-order valence-corrected chi connectivity index (χ0v) is 10.3. The van der Waals surface area contributed by atoms with Crippen molar-refractivity contribution in [1.29, 1.82) is 0 Å². The molecule has 3 nitrogen and oxygen atoms in total. The number of hydrogen-bond donors (Lipinski definition) is 0. The van der Waals surface area contributed by atoms with Crippen LogP contribution in [0.2, 0.25) is 0 Å². The van der Waals surface area contributed by atoms with Gasteiger partial charge in [0, 0.05) is 24.8 Å². The molecule has 2 rings (SSSR count). The minimum absolute atomic E-state index is 0. The van der Waals surface area contributed by atoms with Gasteiger partial charge < -0.3 is 9.72 Å². The summed E-state index contributed by atoms with van der Waals surface area (Å²) < 4.78 is 5.06. The Morgan fingerprint density at radius 3 is 2.50 bits per heavy atom. The molecule has 4 heteroatoms. The topological polar surface area (TPSA) is 35.7 Å². The molecule has 0 atom stereocenters. The molecule has 0 amide bonds. The van der Waals surface area contributed by atoms with Gasteiger partial charge in [0.05, 0.1) is 12.8 Å². The first kappa shape index (κ1) is 12.6. The predicted molar refractivity (Wildman–Crippen MR) is 60.0 cm³/mol. The number of hydrogen-bond acceptors (Lipinski definition) is 2. The molecule has 1 aromatic heterocycles. The van der Waals surface area contributed by atoms with E-state index in [0.717, 1.165) is 17.1 Å². The maximum absolute atomic E-state index is 5.06. The van der Waals surface area contributed by atoms with E-state index in [4.69, 9.17) is 4.74 Å². The van der Waals surface area contributed by atoms with Crippen molar-refractivity contribution in [1.82, 2.24) is 4.98 Å². The first-order chi connectivity index (χ1) is 7.38. The molecule has 0 saturated heterocycles. The molecule has 0 fully saturated rings. The van der Waals surface area contributed by atoms with Crippen LogP contribution in [0.3, 0.4) is 0 Å². The van der Waals surface area contributed by atoms with Crippen molar-refractivity contribution in [3.63, 3.8) is 0 Å². The minimum Gasteiger partial charge on any atom is -0.663 e. The van der Waals surface area contributed by atoms with Gasteiger partial charge in [-0.05, 0) is 24.3 Å². The maximum Gasteiger partial charge on any atom is 0.119 e. The van der Waals surface area contributed by atoms with E-state index in [-0.39, 0.29) is 18.6 Å². The second-order valence-electron chi connectivity index (χ2n) is 3.02. The Morgan fingerprint density at radius 1 is 1.19 bits per heavy atom. The Labute approximate surface area is 106 Å². The van der Waals surface area contributed by atoms with E-state index in [0.29, 0.717) is 0 Å². The summed E-state index contributed by atoms with van der Waals surface area (Å²) >= 11 is 0. The average molecular weight is 250 g/mol. The molecule has 0 bridgehead atoms. The first-order valence-corrected chi connectivity index (χ1v) is 4.64. The molecule has 0 saturated carbocycles. The second kappa shape index (κ2) is 6.21. The summed E-state index contributed by atoms with van der Waals surface area (Å²) in [6, 6.07) is 11.4. The van der Waals surface area contributed by atoms with E-state index in [9.17, 15) is 0 Å². The molecule has 16 heavy (non-hydrogen) atoms. The summed E-state index contributed by atoms with van der Waals surface area (Å²) in [5.74, 6) is 0.834. The fraction of sp³-hybridized carbons (Fsp3) is 0.0833. The zero-order chi connectivity index (χ0) is 10.5. The van der Waals surface area contributed by atoms with Crippen molar-refractivity contribution in [3.05, 3.63) is 48.3 Å². The number of nitrogens with zero attached hydrogens (tertiary/aromatic N) is 2. The number of methoxy groups -OCH3 is 1. The average Bonchev–Trinajstić information content (AvgIpc) is 2.80. The van der Waals surface area contributed by atoms with Gasteiger partial charge in [-0.25, -0.2) is 0 Å². The molecular weight excluding hydrogens is 239 g/mol. The van der Waals surface area contributed by atoms with Crippen LogP contribution in [0.4, 0.5) is 5.69 Å². The van der Waals surface area contributed by atoms with Gasteiger partial charge in [0.15, 0.2) is 0 Å². The summed E-state index contributed by atoms with van der Waals surface area (Å²) in [5.41, 5.74) is 1.75. The summed E-state index contributed by atoms with van der Waals surface area (Å²) in [6.45, 7) is 0. The number of rotatable bonds is 3. The van der Waals surface area contributed by atoms with Crippen LogP contribution in [0.1, 0.15) is 5.69 Å². The van der Waals surface area contributed by atoms with Gasteiger partial charge in [0.1, 0.15) is 5.75 Å². The molecule has 0 aliphatic heterocycles. The van der Waals surface area contributed by atoms with Crippen molar-refractivity contribution in [3.8, 4) is 5.75 Å². The summed E-state index contributed by atoms with van der Waals surface area (Å²) in [5, 5.41) is 0. The van der Waals surface area contributed by atoms with Crippen LogP contribution >= 0.6 is 0 Å². The zero-order valence-electron chi connectivity index (χ0n) is 8.87. The van der Waals surface area contributed by atoms with Crippen molar-refractivity contribution in [2.75, 3.05) is 7.11 Å². The molecule has 0 N–H and O–H groups in total. The van der Waals surface area contributed by atoms with E-state index in [1.54, 1.807) is 19.5 Å². The van der Waals surface area contributed by atoms with Gasteiger partial charge in [0.25, 0.3) is 0 Å². The summed E-state index contributed by atoms with van der Waals surface area (Å²) in [4.78, 5) is 8.37. The van der Waals surface area contributed by atoms with Crippen LogP contribution in [0.5, 0.6) is 5.75 Å². The van der Waals surface area contributed by atoms with E-state index in [2.05, 4.69) is 9.98 Å². The Kier molecular flexibility index (Phi) is 4.90. The van der Waals surface area contributed by atoms with E-state index < -0.39 is 0 Å². The molecule has 1 radical (unpaired) electrons. The van der Waals surface area contributed by atoms with Gasteiger partial charge in [-0.2, -0.15) is 6.20 Å². The maximum atomic E-state index is 5.06. The standard InChI is InChI=1S/C12H11N2O.V/c1-15-12-6-4-10(5-7-12)14-9-11-3-2-8-13-11;/h2-9H,1H3;/q-1;. The van der Waals surface area contributed by atoms with Crippen molar-refractivity contribution in [2.24, 2.45) is 4.99 Å². The van der Waals surface area contributed by atoms with Crippen molar-refractivity contribution in [2.45, 2.75) is 0 Å². The SMILES string of the molecule is COc1ccc(N=Cc2ccc[n-]2)cc1.[V]. The number of aliphatic imine (C=N–C) groups is 1. The molecule has 1 heterocycles. The molecule has 0 aliphatic rings. The summed E-state index contributed by atoms with van der Waals surface area (Å²) in [6.07, 6.45) is 3.48. The third-order valence-corrected chi connectivity index (χ3v) is 1.99. The molecule has 0 spiro atoms. The molecule has 2 aromatic rings. The molecule has 1 aromatic carbocycles. The normalized spacial score (nSPS) is 10.1. The van der Waals surface area contributed by atoms with Gasteiger partial charge in [-0.15, -0.1) is 5.69 Å². The van der Waals surface area contributed by atoms with Crippen LogP contribution < -0.4 is 9.72 Å². The minimum atomic E-state index is 0. The van der Waals surface area contributed by atoms with Gasteiger partial charge in [-0.3, -0.25) is 4.99 Å². The van der Waals surface area contributed by atoms with Crippen LogP contribution in [0.15, 0.2) is 47.6 Å². The number of benzene rings is 1. The first-order valence-electron chi connectivity index (χ1n) is 4.64. The fourth-order valence-corrected chi connectivity index (χ4v) is 1.20. The molecule has 0 aliphatic carbocycles. The largest absolute Gasteiger partial charge is 0.663 e.